The SMILES string of the molecule is CC(C)c1ccccc1-c1ncc2c(n1)N(Cc1ccc(N)cc1)C(C=O)N2C. The van der Waals surface area contributed by atoms with Crippen LogP contribution in [0.1, 0.15) is 30.9 Å². The molecule has 1 aromatic heterocycles. The van der Waals surface area contributed by atoms with Gasteiger partial charge in [0.15, 0.2) is 24.1 Å². The van der Waals surface area contributed by atoms with Gasteiger partial charge in [0.2, 0.25) is 0 Å². The van der Waals surface area contributed by atoms with Crippen LogP contribution in [-0.2, 0) is 11.3 Å². The number of rotatable bonds is 5. The van der Waals surface area contributed by atoms with Crippen LogP contribution >= 0.6 is 0 Å². The third-order valence-electron chi connectivity index (χ3n) is 5.40. The number of nitrogen functional groups attached to an aromatic ring is 1. The zero-order chi connectivity index (χ0) is 20.5. The van der Waals surface area contributed by atoms with Gasteiger partial charge in [-0.1, -0.05) is 50.2 Å². The molecule has 0 bridgehead atoms. The van der Waals surface area contributed by atoms with Crippen molar-refractivity contribution in [2.45, 2.75) is 32.5 Å². The minimum Gasteiger partial charge on any atom is -0.399 e. The monoisotopic (exact) mass is 387 g/mol. The summed E-state index contributed by atoms with van der Waals surface area (Å²) < 4.78 is 0. The van der Waals surface area contributed by atoms with Crippen molar-refractivity contribution in [1.29, 1.82) is 0 Å². The molecule has 29 heavy (non-hydrogen) atoms. The fraction of sp³-hybridized carbons (Fsp3) is 0.261. The normalized spacial score (nSPS) is 15.7. The minimum atomic E-state index is -0.424. The van der Waals surface area contributed by atoms with E-state index in [9.17, 15) is 4.79 Å². The van der Waals surface area contributed by atoms with Crippen LogP contribution in [0.3, 0.4) is 0 Å². The lowest BCUT2D eigenvalue weighted by Crippen LogP contribution is -2.42. The lowest BCUT2D eigenvalue weighted by molar-refractivity contribution is -0.108. The van der Waals surface area contributed by atoms with Gasteiger partial charge in [-0.2, -0.15) is 0 Å². The molecule has 0 aliphatic carbocycles. The van der Waals surface area contributed by atoms with E-state index in [0.717, 1.165) is 34.6 Å². The van der Waals surface area contributed by atoms with E-state index in [1.807, 2.05) is 59.4 Å². The van der Waals surface area contributed by atoms with Crippen LogP contribution in [-0.4, -0.2) is 29.5 Å². The number of carbonyl (C=O) groups excluding carboxylic acids is 1. The van der Waals surface area contributed by atoms with Gasteiger partial charge in [0.25, 0.3) is 0 Å². The molecule has 0 amide bonds. The highest BCUT2D eigenvalue weighted by molar-refractivity contribution is 5.84. The Morgan fingerprint density at radius 3 is 2.55 bits per heavy atom. The molecule has 2 aromatic carbocycles. The van der Waals surface area contributed by atoms with Crippen molar-refractivity contribution < 1.29 is 4.79 Å². The predicted octanol–water partition coefficient (Wildman–Crippen LogP) is 3.83. The zero-order valence-corrected chi connectivity index (χ0v) is 16.9. The maximum atomic E-state index is 11.9. The Morgan fingerprint density at radius 1 is 1.14 bits per heavy atom. The van der Waals surface area contributed by atoms with E-state index >= 15 is 0 Å². The van der Waals surface area contributed by atoms with Gasteiger partial charge in [-0.05, 0) is 29.2 Å². The lowest BCUT2D eigenvalue weighted by Gasteiger charge is -2.25. The second kappa shape index (κ2) is 7.54. The number of aromatic nitrogens is 2. The molecule has 0 saturated heterocycles. The molecule has 3 aromatic rings. The summed E-state index contributed by atoms with van der Waals surface area (Å²) in [6.45, 7) is 4.88. The van der Waals surface area contributed by atoms with E-state index in [4.69, 9.17) is 10.7 Å². The zero-order valence-electron chi connectivity index (χ0n) is 16.9. The van der Waals surface area contributed by atoms with Crippen LogP contribution in [0.15, 0.2) is 54.7 Å². The van der Waals surface area contributed by atoms with Crippen LogP contribution in [0.25, 0.3) is 11.4 Å². The van der Waals surface area contributed by atoms with Gasteiger partial charge in [-0.25, -0.2) is 9.97 Å². The van der Waals surface area contributed by atoms with Crippen molar-refractivity contribution in [3.8, 4) is 11.4 Å². The fourth-order valence-electron chi connectivity index (χ4n) is 3.79. The Bertz CT molecular complexity index is 1030. The summed E-state index contributed by atoms with van der Waals surface area (Å²) in [6, 6.07) is 15.9. The minimum absolute atomic E-state index is 0.360. The van der Waals surface area contributed by atoms with E-state index in [1.54, 1.807) is 0 Å². The lowest BCUT2D eigenvalue weighted by atomic mass is 9.97. The highest BCUT2D eigenvalue weighted by Gasteiger charge is 2.35. The topological polar surface area (TPSA) is 75.4 Å². The van der Waals surface area contributed by atoms with Gasteiger partial charge < -0.3 is 15.5 Å². The highest BCUT2D eigenvalue weighted by Crippen LogP contribution is 2.39. The smallest absolute Gasteiger partial charge is 0.163 e. The summed E-state index contributed by atoms with van der Waals surface area (Å²) in [5, 5.41) is 0. The first-order chi connectivity index (χ1) is 14.0. The van der Waals surface area contributed by atoms with Gasteiger partial charge in [0.05, 0.1) is 6.20 Å². The van der Waals surface area contributed by atoms with E-state index < -0.39 is 6.17 Å². The summed E-state index contributed by atoms with van der Waals surface area (Å²) in [7, 11) is 1.89. The highest BCUT2D eigenvalue weighted by atomic mass is 16.1. The van der Waals surface area contributed by atoms with Gasteiger partial charge in [0.1, 0.15) is 5.69 Å². The number of benzene rings is 2. The number of nitrogens with two attached hydrogens (primary N) is 1. The third kappa shape index (κ3) is 3.42. The Labute approximate surface area is 171 Å². The quantitative estimate of drug-likeness (QED) is 0.530. The van der Waals surface area contributed by atoms with Gasteiger partial charge in [-0.15, -0.1) is 0 Å². The van der Waals surface area contributed by atoms with Crippen molar-refractivity contribution in [1.82, 2.24) is 9.97 Å². The number of hydrogen-bond donors (Lipinski definition) is 1. The molecule has 0 radical (unpaired) electrons. The van der Waals surface area contributed by atoms with Gasteiger partial charge in [-0.3, -0.25) is 4.79 Å². The van der Waals surface area contributed by atoms with Gasteiger partial charge >= 0.3 is 0 Å². The largest absolute Gasteiger partial charge is 0.399 e. The number of anilines is 3. The van der Waals surface area contributed by atoms with Crippen molar-refractivity contribution in [3.63, 3.8) is 0 Å². The Morgan fingerprint density at radius 2 is 1.86 bits per heavy atom. The number of hydrogen-bond acceptors (Lipinski definition) is 6. The average Bonchev–Trinajstić information content (AvgIpc) is 3.00. The average molecular weight is 387 g/mol. The number of nitrogens with zero attached hydrogens (tertiary/aromatic N) is 4. The van der Waals surface area contributed by atoms with E-state index in [0.29, 0.717) is 18.3 Å². The molecule has 1 aliphatic rings. The first-order valence-corrected chi connectivity index (χ1v) is 9.75. The molecular formula is C23H25N5O. The Kier molecular flexibility index (Phi) is 4.92. The molecular weight excluding hydrogens is 362 g/mol. The summed E-state index contributed by atoms with van der Waals surface area (Å²) in [5.41, 5.74) is 10.7. The third-order valence-corrected chi connectivity index (χ3v) is 5.40. The summed E-state index contributed by atoms with van der Waals surface area (Å²) >= 11 is 0. The van der Waals surface area contributed by atoms with Crippen LogP contribution < -0.4 is 15.5 Å². The number of fused-ring (bicyclic) bond motifs is 1. The van der Waals surface area contributed by atoms with Crippen LogP contribution in [0.5, 0.6) is 0 Å². The summed E-state index contributed by atoms with van der Waals surface area (Å²) in [6.07, 6.45) is 2.34. The molecule has 6 heteroatoms. The molecule has 0 fully saturated rings. The first kappa shape index (κ1) is 18.9. The molecule has 1 atom stereocenters. The second-order valence-electron chi connectivity index (χ2n) is 7.67. The fourth-order valence-corrected chi connectivity index (χ4v) is 3.79. The van der Waals surface area contributed by atoms with Crippen LogP contribution in [0, 0.1) is 0 Å². The molecule has 2 N–H and O–H groups in total. The Hall–Kier alpha value is -3.41. The molecule has 0 spiro atoms. The first-order valence-electron chi connectivity index (χ1n) is 9.75. The second-order valence-corrected chi connectivity index (χ2v) is 7.67. The summed E-state index contributed by atoms with van der Waals surface area (Å²) in [4.78, 5) is 25.3. The van der Waals surface area contributed by atoms with Crippen molar-refractivity contribution >= 4 is 23.5 Å². The van der Waals surface area contributed by atoms with Crippen LogP contribution in [0.4, 0.5) is 17.2 Å². The van der Waals surface area contributed by atoms with E-state index in [1.165, 1.54) is 5.56 Å². The van der Waals surface area contributed by atoms with Crippen molar-refractivity contribution in [3.05, 3.63) is 65.9 Å². The van der Waals surface area contributed by atoms with Crippen molar-refractivity contribution in [2.75, 3.05) is 22.6 Å². The van der Waals surface area contributed by atoms with Gasteiger partial charge in [0, 0.05) is 24.8 Å². The summed E-state index contributed by atoms with van der Waals surface area (Å²) in [5.74, 6) is 1.81. The van der Waals surface area contributed by atoms with E-state index in [2.05, 4.69) is 31.0 Å². The predicted molar refractivity (Wildman–Crippen MR) is 117 cm³/mol. The maximum Gasteiger partial charge on any atom is 0.163 e. The number of aldehydes is 1. The molecule has 6 nitrogen and oxygen atoms in total. The molecule has 2 heterocycles. The molecule has 148 valence electrons. The van der Waals surface area contributed by atoms with Crippen LogP contribution in [0.2, 0.25) is 0 Å². The number of likely N-dealkylation sites (N-methyl/N-ethyl adjacent to an activating group) is 1. The molecule has 1 aliphatic heterocycles. The molecule has 0 saturated carbocycles. The Balaban J connectivity index is 1.78. The maximum absolute atomic E-state index is 11.9. The van der Waals surface area contributed by atoms with Crippen molar-refractivity contribution in [2.24, 2.45) is 0 Å². The molecule has 4 rings (SSSR count). The standard InChI is InChI=1S/C23H25N5O/c1-15(2)18-6-4-5-7-19(18)22-25-12-20-23(26-22)28(21(14-29)27(20)3)13-16-8-10-17(24)11-9-16/h4-12,14-15,21H,13,24H2,1-3H3. The number of carbonyl (C=O) groups is 1. The van der Waals surface area contributed by atoms with E-state index in [-0.39, 0.29) is 0 Å². The molecule has 1 unspecified atom stereocenters.